The summed E-state index contributed by atoms with van der Waals surface area (Å²) in [5, 5.41) is 28.8. The highest BCUT2D eigenvalue weighted by Gasteiger charge is 2.28. The van der Waals surface area contributed by atoms with Gasteiger partial charge in [0.05, 0.1) is 18.4 Å². The van der Waals surface area contributed by atoms with Gasteiger partial charge in [-0.15, -0.1) is 11.8 Å². The molecule has 110 valence electrons. The van der Waals surface area contributed by atoms with Crippen molar-refractivity contribution in [2.24, 2.45) is 0 Å². The van der Waals surface area contributed by atoms with Crippen molar-refractivity contribution >= 4 is 24.3 Å². The van der Waals surface area contributed by atoms with Crippen LogP contribution in [0.3, 0.4) is 0 Å². The van der Waals surface area contributed by atoms with E-state index >= 15 is 0 Å². The van der Waals surface area contributed by atoms with Crippen LogP contribution in [0.15, 0.2) is 47.4 Å². The van der Waals surface area contributed by atoms with Gasteiger partial charge in [0.15, 0.2) is 0 Å². The van der Waals surface area contributed by atoms with E-state index in [1.54, 1.807) is 6.07 Å². The molecule has 0 amide bonds. The lowest BCUT2D eigenvalue weighted by molar-refractivity contribution is 0.220. The third-order valence-electron chi connectivity index (χ3n) is 3.65. The number of rotatable bonds is 4. The summed E-state index contributed by atoms with van der Waals surface area (Å²) in [7, 11) is -0.910. The topological polar surface area (TPSA) is 73.5 Å². The molecule has 0 radical (unpaired) electrons. The predicted octanol–water partition coefficient (Wildman–Crippen LogP) is 1.60. The van der Waals surface area contributed by atoms with Crippen LogP contribution in [0.4, 0.5) is 0 Å². The molecule has 1 aliphatic rings. The third-order valence-corrected chi connectivity index (χ3v) is 4.53. The van der Waals surface area contributed by atoms with Crippen molar-refractivity contribution in [1.82, 2.24) is 0 Å². The Morgan fingerprint density at radius 3 is 2.68 bits per heavy atom. The third kappa shape index (κ3) is 3.03. The van der Waals surface area contributed by atoms with Crippen LogP contribution >= 0.6 is 11.8 Å². The van der Waals surface area contributed by atoms with Crippen LogP contribution in [-0.2, 0) is 11.3 Å². The first kappa shape index (κ1) is 15.1. The molecule has 0 spiro atoms. The van der Waals surface area contributed by atoms with E-state index in [-0.39, 0.29) is 0 Å². The number of benzene rings is 2. The van der Waals surface area contributed by atoms with Crippen molar-refractivity contribution in [3.63, 3.8) is 0 Å². The average molecular weight is 311 g/mol. The molecule has 1 aliphatic heterocycles. The van der Waals surface area contributed by atoms with Gasteiger partial charge in [-0.25, -0.2) is 0 Å². The van der Waals surface area contributed by atoms with E-state index in [4.69, 9.17) is 9.92 Å². The maximum absolute atomic E-state index is 10.5. The largest absolute Gasteiger partial charge is 0.491 e. The van der Waals surface area contributed by atoms with Crippen LogP contribution in [-0.4, -0.2) is 23.0 Å². The highest BCUT2D eigenvalue weighted by Crippen LogP contribution is 2.25. The van der Waals surface area contributed by atoms with Gasteiger partial charge in [-0.2, -0.15) is 5.26 Å². The van der Waals surface area contributed by atoms with Gasteiger partial charge < -0.3 is 14.8 Å². The summed E-state index contributed by atoms with van der Waals surface area (Å²) in [6.45, 7) is 0.400. The Morgan fingerprint density at radius 1 is 1.23 bits per heavy atom. The van der Waals surface area contributed by atoms with E-state index in [9.17, 15) is 10.1 Å². The molecule has 0 fully saturated rings. The van der Waals surface area contributed by atoms with E-state index in [0.717, 1.165) is 27.0 Å². The second kappa shape index (κ2) is 6.55. The highest BCUT2D eigenvalue weighted by atomic mass is 32.2. The molecule has 0 aliphatic carbocycles. The minimum Gasteiger partial charge on any atom is -0.423 e. The van der Waals surface area contributed by atoms with Crippen molar-refractivity contribution < 1.29 is 14.8 Å². The van der Waals surface area contributed by atoms with Crippen LogP contribution in [0.5, 0.6) is 0 Å². The molecule has 4 nitrogen and oxygen atoms in total. The molecular weight excluding hydrogens is 297 g/mol. The van der Waals surface area contributed by atoms with Crippen LogP contribution in [0.25, 0.3) is 0 Å². The molecule has 1 atom stereocenters. The summed E-state index contributed by atoms with van der Waals surface area (Å²) in [5.74, 6) is 0.407. The van der Waals surface area contributed by atoms with Crippen LogP contribution < -0.4 is 5.46 Å². The number of hydrogen-bond donors (Lipinski definition) is 2. The summed E-state index contributed by atoms with van der Waals surface area (Å²) in [6.07, 6.45) is -0.756. The lowest BCUT2D eigenvalue weighted by atomic mass is 9.78. The second-order valence-electron chi connectivity index (χ2n) is 5.04. The van der Waals surface area contributed by atoms with Crippen LogP contribution in [0, 0.1) is 11.3 Å². The van der Waals surface area contributed by atoms with Gasteiger partial charge in [-0.05, 0) is 34.3 Å². The van der Waals surface area contributed by atoms with Gasteiger partial charge in [-0.1, -0.05) is 30.3 Å². The molecule has 2 aromatic carbocycles. The molecule has 0 bridgehead atoms. The lowest BCUT2D eigenvalue weighted by Gasteiger charge is -2.13. The fourth-order valence-electron chi connectivity index (χ4n) is 2.46. The van der Waals surface area contributed by atoms with Crippen molar-refractivity contribution in [3.05, 3.63) is 59.2 Å². The number of aliphatic hydroxyl groups excluding tert-OH is 1. The Kier molecular flexibility index (Phi) is 4.51. The van der Waals surface area contributed by atoms with E-state index in [0.29, 0.717) is 12.4 Å². The fraction of sp³-hybridized carbons (Fsp3) is 0.188. The number of aliphatic hydroxyl groups is 1. The first-order chi connectivity index (χ1) is 10.7. The van der Waals surface area contributed by atoms with Crippen molar-refractivity contribution in [3.8, 4) is 6.07 Å². The quantitative estimate of drug-likeness (QED) is 0.663. The van der Waals surface area contributed by atoms with Gasteiger partial charge in [0, 0.05) is 4.90 Å². The zero-order valence-corrected chi connectivity index (χ0v) is 12.6. The van der Waals surface area contributed by atoms with Gasteiger partial charge in [0.1, 0.15) is 6.10 Å². The van der Waals surface area contributed by atoms with Crippen LogP contribution in [0.1, 0.15) is 22.8 Å². The first-order valence-electron chi connectivity index (χ1n) is 6.89. The highest BCUT2D eigenvalue weighted by molar-refractivity contribution is 7.99. The van der Waals surface area contributed by atoms with Gasteiger partial charge >= 0.3 is 7.12 Å². The number of hydrogen-bond acceptors (Lipinski definition) is 5. The maximum atomic E-state index is 10.5. The fourth-order valence-corrected chi connectivity index (χ4v) is 3.02. The van der Waals surface area contributed by atoms with Crippen molar-refractivity contribution in [2.75, 3.05) is 5.75 Å². The standard InChI is InChI=1S/C16H14BNO3S/c18-7-8-22-14-5-3-11(4-6-14)16(19)12-1-2-13-10-21-17(20)15(13)9-12/h1-6,9,16,19-20H,8,10H2. The molecule has 3 rings (SSSR count). The Bertz CT molecular complexity index is 714. The number of nitriles is 1. The first-order valence-corrected chi connectivity index (χ1v) is 7.88. The molecule has 0 saturated heterocycles. The molecule has 22 heavy (non-hydrogen) atoms. The summed E-state index contributed by atoms with van der Waals surface area (Å²) >= 11 is 1.46. The smallest absolute Gasteiger partial charge is 0.423 e. The normalized spacial score (nSPS) is 14.5. The number of thioether (sulfide) groups is 1. The minimum atomic E-state index is -0.910. The van der Waals surface area contributed by atoms with Gasteiger partial charge in [0.25, 0.3) is 0 Å². The lowest BCUT2D eigenvalue weighted by Crippen LogP contribution is -2.28. The molecule has 1 heterocycles. The average Bonchev–Trinajstić information content (AvgIpc) is 2.93. The zero-order chi connectivity index (χ0) is 15.5. The van der Waals surface area contributed by atoms with Crippen molar-refractivity contribution in [2.45, 2.75) is 17.6 Å². The van der Waals surface area contributed by atoms with Gasteiger partial charge in [-0.3, -0.25) is 0 Å². The van der Waals surface area contributed by atoms with E-state index in [2.05, 4.69) is 6.07 Å². The summed E-state index contributed by atoms with van der Waals surface area (Å²) < 4.78 is 5.16. The predicted molar refractivity (Wildman–Crippen MR) is 85.7 cm³/mol. The molecule has 2 N–H and O–H groups in total. The maximum Gasteiger partial charge on any atom is 0.491 e. The molecule has 1 unspecified atom stereocenters. The monoisotopic (exact) mass is 311 g/mol. The molecule has 6 heteroatoms. The van der Waals surface area contributed by atoms with Gasteiger partial charge in [0.2, 0.25) is 0 Å². The molecule has 2 aromatic rings. The second-order valence-corrected chi connectivity index (χ2v) is 6.09. The summed E-state index contributed by atoms with van der Waals surface area (Å²) in [4.78, 5) is 0.996. The Hall–Kier alpha value is -1.78. The Morgan fingerprint density at radius 2 is 1.95 bits per heavy atom. The molecule has 0 saturated carbocycles. The summed E-state index contributed by atoms with van der Waals surface area (Å²) in [5.41, 5.74) is 3.17. The van der Waals surface area contributed by atoms with Crippen LogP contribution in [0.2, 0.25) is 0 Å². The molecule has 0 aromatic heterocycles. The SMILES string of the molecule is N#CCSc1ccc(C(O)c2ccc3c(c2)B(O)OC3)cc1. The Balaban J connectivity index is 1.80. The number of fused-ring (bicyclic) bond motifs is 1. The van der Waals surface area contributed by atoms with Crippen molar-refractivity contribution in [1.29, 1.82) is 5.26 Å². The number of nitrogens with zero attached hydrogens (tertiary/aromatic N) is 1. The van der Waals surface area contributed by atoms with E-state index in [1.165, 1.54) is 11.8 Å². The van der Waals surface area contributed by atoms with E-state index in [1.807, 2.05) is 36.4 Å². The zero-order valence-electron chi connectivity index (χ0n) is 11.8. The summed E-state index contributed by atoms with van der Waals surface area (Å²) in [6, 6.07) is 15.1. The van der Waals surface area contributed by atoms with E-state index < -0.39 is 13.2 Å². The molecular formula is C16H14BNO3S. The minimum absolute atomic E-state index is 0.400. The Labute approximate surface area is 133 Å².